The minimum atomic E-state index is -4.00. The van der Waals surface area contributed by atoms with Crippen molar-refractivity contribution in [3.05, 3.63) is 51.7 Å². The summed E-state index contributed by atoms with van der Waals surface area (Å²) in [6.45, 7) is 0. The van der Waals surface area contributed by atoms with Crippen molar-refractivity contribution in [3.63, 3.8) is 0 Å². The van der Waals surface area contributed by atoms with Crippen LogP contribution in [0.2, 0.25) is 0 Å². The smallest absolute Gasteiger partial charge is 0.325 e. The van der Waals surface area contributed by atoms with Crippen LogP contribution in [-0.2, 0) is 18.9 Å². The summed E-state index contributed by atoms with van der Waals surface area (Å²) in [4.78, 5) is 21.7. The maximum atomic E-state index is 14.4. The summed E-state index contributed by atoms with van der Waals surface area (Å²) in [5.74, 6) is -0.368. The van der Waals surface area contributed by atoms with E-state index >= 15 is 0 Å². The standard InChI is InChI=1S/C15H12FN4O5PS/c16-9-7-18-4-1-8(9)11-5-10-13-14(21)20(12(19-10)6-15(17)2-3-15)23-26(22)24-27(11,13)25-26/h1,4-5,7H,2-3,6,17H2. The fraction of sp³-hybridized carbons (Fsp3) is 0.267. The van der Waals surface area contributed by atoms with E-state index in [0.29, 0.717) is 5.69 Å². The molecule has 4 bridgehead atoms. The van der Waals surface area contributed by atoms with Crippen LogP contribution >= 0.6 is 18.4 Å². The lowest BCUT2D eigenvalue weighted by Gasteiger charge is -2.47. The highest BCUT2D eigenvalue weighted by molar-refractivity contribution is 8.40. The number of nitrogens with two attached hydrogens (primary N) is 1. The Hall–Kier alpha value is -2.04. The van der Waals surface area contributed by atoms with Crippen molar-refractivity contribution in [2.24, 2.45) is 5.73 Å². The van der Waals surface area contributed by atoms with Crippen molar-refractivity contribution in [2.75, 3.05) is 0 Å². The Balaban J connectivity index is 1.61. The van der Waals surface area contributed by atoms with E-state index in [4.69, 9.17) is 18.3 Å². The molecule has 140 valence electrons. The van der Waals surface area contributed by atoms with Crippen LogP contribution in [0.3, 0.4) is 0 Å². The third-order valence-corrected chi connectivity index (χ3v) is 10.3. The van der Waals surface area contributed by atoms with Crippen molar-refractivity contribution >= 4 is 29.4 Å². The Morgan fingerprint density at radius 1 is 1.41 bits per heavy atom. The van der Waals surface area contributed by atoms with Gasteiger partial charge in [0.25, 0.3) is 0 Å². The number of nitrogens with zero attached hydrogens (tertiary/aromatic N) is 3. The highest BCUT2D eigenvalue weighted by Gasteiger charge is 2.64. The first-order chi connectivity index (χ1) is 12.8. The molecule has 7 rings (SSSR count). The largest absolute Gasteiger partial charge is 0.589 e. The molecule has 2 fully saturated rings. The van der Waals surface area contributed by atoms with Gasteiger partial charge < -0.3 is 10.4 Å². The number of hydrogen-bond donors (Lipinski definition) is 1. The van der Waals surface area contributed by atoms with Crippen LogP contribution in [0.1, 0.15) is 29.9 Å². The summed E-state index contributed by atoms with van der Waals surface area (Å²) >= 11 is 0. The minimum absolute atomic E-state index is 0.100. The first-order valence-corrected chi connectivity index (χ1v) is 11.1. The molecule has 0 unspecified atom stereocenters. The summed E-state index contributed by atoms with van der Waals surface area (Å²) in [6.07, 6.45) is 5.87. The lowest BCUT2D eigenvalue weighted by Crippen LogP contribution is -2.34. The summed E-state index contributed by atoms with van der Waals surface area (Å²) in [7, 11) is -6.89. The van der Waals surface area contributed by atoms with Crippen LogP contribution in [-0.4, -0.2) is 20.2 Å². The van der Waals surface area contributed by atoms with E-state index in [9.17, 15) is 13.8 Å². The predicted octanol–water partition coefficient (Wildman–Crippen LogP) is 1.91. The van der Waals surface area contributed by atoms with Gasteiger partial charge >= 0.3 is 13.4 Å². The van der Waals surface area contributed by atoms with Crippen LogP contribution < -0.4 is 15.9 Å². The third-order valence-electron chi connectivity index (χ3n) is 4.94. The van der Waals surface area contributed by atoms with Crippen LogP contribution in [0.15, 0.2) is 28.2 Å². The zero-order valence-corrected chi connectivity index (χ0v) is 15.3. The second kappa shape index (κ2) is 4.68. The first kappa shape index (κ1) is 16.0. The maximum Gasteiger partial charge on any atom is 0.589 e. The van der Waals surface area contributed by atoms with E-state index in [2.05, 4.69) is 9.97 Å². The average molecular weight is 410 g/mol. The summed E-state index contributed by atoms with van der Waals surface area (Å²) in [5, 5.41) is 0. The lowest BCUT2D eigenvalue weighted by molar-refractivity contribution is 0.160. The van der Waals surface area contributed by atoms with Gasteiger partial charge in [-0.15, -0.1) is 15.3 Å². The molecule has 9 nitrogen and oxygen atoms in total. The lowest BCUT2D eigenvalue weighted by atomic mass is 10.2. The molecule has 1 saturated heterocycles. The molecule has 27 heavy (non-hydrogen) atoms. The molecule has 1 saturated carbocycles. The number of pyridine rings is 1. The van der Waals surface area contributed by atoms with Crippen molar-refractivity contribution in [1.29, 1.82) is 0 Å². The Morgan fingerprint density at radius 3 is 2.89 bits per heavy atom. The van der Waals surface area contributed by atoms with Crippen molar-refractivity contribution in [2.45, 2.75) is 29.7 Å². The van der Waals surface area contributed by atoms with Gasteiger partial charge in [-0.3, -0.25) is 9.78 Å². The van der Waals surface area contributed by atoms with Gasteiger partial charge in [-0.1, -0.05) is 0 Å². The van der Waals surface area contributed by atoms with E-state index in [0.717, 1.165) is 23.8 Å². The van der Waals surface area contributed by atoms with Crippen LogP contribution in [0.4, 0.5) is 4.39 Å². The fourth-order valence-electron chi connectivity index (χ4n) is 3.41. The highest BCUT2D eigenvalue weighted by Crippen LogP contribution is 2.90. The fourth-order valence-corrected chi connectivity index (χ4v) is 8.97. The van der Waals surface area contributed by atoms with Crippen molar-refractivity contribution < 1.29 is 21.5 Å². The molecule has 6 heterocycles. The molecular weight excluding hydrogens is 398 g/mol. The second-order valence-corrected chi connectivity index (χ2v) is 11.0. The highest BCUT2D eigenvalue weighted by atomic mass is 32.3. The molecule has 2 aromatic rings. The molecule has 1 spiro atoms. The Labute approximate surface area is 153 Å². The van der Waals surface area contributed by atoms with Gasteiger partial charge in [-0.05, 0) is 25.0 Å². The summed E-state index contributed by atoms with van der Waals surface area (Å²) in [5.41, 5.74) is 5.58. The zero-order valence-electron chi connectivity index (χ0n) is 13.6. The van der Waals surface area contributed by atoms with Gasteiger partial charge in [0.15, 0.2) is 16.5 Å². The third kappa shape index (κ3) is 2.00. The topological polar surface area (TPSA) is 119 Å². The SMILES string of the molecule is NC1(Cc2nc3c4c(=O)n2OP2(=O)OS4(O2)C(c2ccncc2F)=C3)CC1. The Bertz CT molecular complexity index is 1180. The van der Waals surface area contributed by atoms with E-state index in [-0.39, 0.29) is 27.6 Å². The number of phosphoric acid groups is 1. The minimum Gasteiger partial charge on any atom is -0.325 e. The van der Waals surface area contributed by atoms with E-state index in [1.165, 1.54) is 12.3 Å². The maximum absolute atomic E-state index is 14.4. The van der Waals surface area contributed by atoms with Gasteiger partial charge in [-0.2, -0.15) is 7.94 Å². The normalized spacial score (nSPS) is 33.2. The molecule has 5 aliphatic rings. The summed E-state index contributed by atoms with van der Waals surface area (Å²) in [6, 6.07) is 1.44. The van der Waals surface area contributed by atoms with Crippen LogP contribution in [0, 0.1) is 5.82 Å². The van der Waals surface area contributed by atoms with Gasteiger partial charge in [0.05, 0.1) is 16.8 Å². The van der Waals surface area contributed by atoms with Crippen molar-refractivity contribution in [1.82, 2.24) is 14.7 Å². The molecule has 12 heteroatoms. The number of aromatic nitrogens is 3. The van der Waals surface area contributed by atoms with Gasteiger partial charge in [0.1, 0.15) is 0 Å². The second-order valence-electron chi connectivity index (χ2n) is 6.93. The molecule has 0 atom stereocenters. The Morgan fingerprint density at radius 2 is 2.19 bits per heavy atom. The van der Waals surface area contributed by atoms with Gasteiger partial charge in [-0.25, -0.2) is 13.9 Å². The quantitative estimate of drug-likeness (QED) is 0.763. The Kier molecular flexibility index (Phi) is 2.77. The molecule has 4 aliphatic heterocycles. The molecular formula is C15H12FN4O5PS. The average Bonchev–Trinajstić information content (AvgIpc) is 3.25. The van der Waals surface area contributed by atoms with Gasteiger partial charge in [0, 0.05) is 23.7 Å². The molecule has 0 aromatic carbocycles. The predicted molar refractivity (Wildman–Crippen MR) is 92.6 cm³/mol. The number of rotatable bonds is 3. The van der Waals surface area contributed by atoms with Crippen molar-refractivity contribution in [3.8, 4) is 0 Å². The zero-order chi connectivity index (χ0) is 18.6. The molecule has 1 aliphatic carbocycles. The number of hydrogen-bond acceptors (Lipinski definition) is 8. The summed E-state index contributed by atoms with van der Waals surface area (Å²) < 4.78 is 44.3. The molecule has 0 radical (unpaired) electrons. The van der Waals surface area contributed by atoms with Gasteiger partial charge in [0.2, 0.25) is 0 Å². The van der Waals surface area contributed by atoms with Crippen LogP contribution in [0.5, 0.6) is 0 Å². The van der Waals surface area contributed by atoms with E-state index in [1.54, 1.807) is 6.08 Å². The van der Waals surface area contributed by atoms with Crippen LogP contribution in [0.25, 0.3) is 11.0 Å². The monoisotopic (exact) mass is 410 g/mol. The van der Waals surface area contributed by atoms with E-state index < -0.39 is 35.3 Å². The molecule has 0 amide bonds. The first-order valence-electron chi connectivity index (χ1n) is 8.15. The molecule has 2 N–H and O–H groups in total. The van der Waals surface area contributed by atoms with E-state index in [1.807, 2.05) is 0 Å². The number of halogens is 1. The molecule has 2 aromatic heterocycles.